The summed E-state index contributed by atoms with van der Waals surface area (Å²) in [4.78, 5) is 13.4. The van der Waals surface area contributed by atoms with E-state index in [1.165, 1.54) is 6.42 Å². The minimum atomic E-state index is 0.0224. The van der Waals surface area contributed by atoms with Crippen LogP contribution in [-0.4, -0.2) is 43.3 Å². The predicted molar refractivity (Wildman–Crippen MR) is 59.9 cm³/mol. The number of hydrogen-bond donors (Lipinski definition) is 1. The molecule has 0 aliphatic carbocycles. The van der Waals surface area contributed by atoms with Gasteiger partial charge in [-0.1, -0.05) is 0 Å². The van der Waals surface area contributed by atoms with Crippen LogP contribution in [0.25, 0.3) is 0 Å². The summed E-state index contributed by atoms with van der Waals surface area (Å²) in [6.07, 6.45) is 3.66. The molecule has 15 heavy (non-hydrogen) atoms. The molecule has 1 fully saturated rings. The summed E-state index contributed by atoms with van der Waals surface area (Å²) < 4.78 is 5.54. The molecule has 1 aliphatic heterocycles. The van der Waals surface area contributed by atoms with E-state index in [0.717, 1.165) is 32.5 Å². The number of amides is 2. The number of ether oxygens (including phenoxy) is 1. The quantitative estimate of drug-likeness (QED) is 0.772. The number of carbonyl (C=O) groups excluding carboxylic acids is 1. The molecular weight excluding hydrogens is 192 g/mol. The average molecular weight is 214 g/mol. The van der Waals surface area contributed by atoms with E-state index in [9.17, 15) is 4.79 Å². The summed E-state index contributed by atoms with van der Waals surface area (Å²) in [6, 6.07) is 0.0224. The third kappa shape index (κ3) is 4.08. The Labute approximate surface area is 92.0 Å². The van der Waals surface area contributed by atoms with Crippen molar-refractivity contribution >= 4 is 6.03 Å². The van der Waals surface area contributed by atoms with Gasteiger partial charge in [0.15, 0.2) is 0 Å². The normalized spacial score (nSPS) is 21.1. The van der Waals surface area contributed by atoms with E-state index in [0.29, 0.717) is 6.54 Å². The molecule has 1 N–H and O–H groups in total. The summed E-state index contributed by atoms with van der Waals surface area (Å²) in [6.45, 7) is 6.98. The summed E-state index contributed by atoms with van der Waals surface area (Å²) >= 11 is 0. The molecule has 0 spiro atoms. The third-order valence-electron chi connectivity index (χ3n) is 2.81. The minimum Gasteiger partial charge on any atom is -0.376 e. The van der Waals surface area contributed by atoms with Gasteiger partial charge in [-0.15, -0.1) is 0 Å². The van der Waals surface area contributed by atoms with E-state index in [1.54, 1.807) is 4.90 Å². The Hall–Kier alpha value is -0.770. The monoisotopic (exact) mass is 214 g/mol. The second-order valence-corrected chi connectivity index (χ2v) is 3.85. The van der Waals surface area contributed by atoms with Crippen LogP contribution in [0.5, 0.6) is 0 Å². The van der Waals surface area contributed by atoms with Crippen molar-refractivity contribution in [2.75, 3.05) is 26.2 Å². The largest absolute Gasteiger partial charge is 0.376 e. The molecule has 0 radical (unpaired) electrons. The first-order valence-corrected chi connectivity index (χ1v) is 5.92. The Balaban J connectivity index is 2.20. The first kappa shape index (κ1) is 12.3. The van der Waals surface area contributed by atoms with Crippen LogP contribution in [0.2, 0.25) is 0 Å². The van der Waals surface area contributed by atoms with Crippen molar-refractivity contribution in [2.45, 2.75) is 39.2 Å². The van der Waals surface area contributed by atoms with Crippen LogP contribution in [0.15, 0.2) is 0 Å². The summed E-state index contributed by atoms with van der Waals surface area (Å²) in [7, 11) is 0. The van der Waals surface area contributed by atoms with Crippen molar-refractivity contribution in [3.8, 4) is 0 Å². The standard InChI is InChI=1S/C11H22N2O2/c1-3-13(4-2)11(14)12-9-10-7-5-6-8-15-10/h10H,3-9H2,1-2H3,(H,12,14). The van der Waals surface area contributed by atoms with Crippen LogP contribution < -0.4 is 5.32 Å². The van der Waals surface area contributed by atoms with Crippen molar-refractivity contribution < 1.29 is 9.53 Å². The molecule has 1 atom stereocenters. The fraction of sp³-hybridized carbons (Fsp3) is 0.909. The van der Waals surface area contributed by atoms with Gasteiger partial charge in [-0.05, 0) is 33.1 Å². The summed E-state index contributed by atoms with van der Waals surface area (Å²) in [5.74, 6) is 0. The van der Waals surface area contributed by atoms with Gasteiger partial charge in [0.1, 0.15) is 0 Å². The molecule has 4 nitrogen and oxygen atoms in total. The highest BCUT2D eigenvalue weighted by Gasteiger charge is 2.16. The van der Waals surface area contributed by atoms with Gasteiger partial charge < -0.3 is 15.0 Å². The Morgan fingerprint density at radius 3 is 2.67 bits per heavy atom. The Kier molecular flexibility index (Phi) is 5.47. The molecule has 0 aromatic heterocycles. The van der Waals surface area contributed by atoms with Gasteiger partial charge in [0.25, 0.3) is 0 Å². The van der Waals surface area contributed by atoms with E-state index in [4.69, 9.17) is 4.74 Å². The Morgan fingerprint density at radius 1 is 1.40 bits per heavy atom. The molecule has 0 bridgehead atoms. The lowest BCUT2D eigenvalue weighted by atomic mass is 10.1. The molecule has 1 rings (SSSR count). The number of nitrogens with zero attached hydrogens (tertiary/aromatic N) is 1. The third-order valence-corrected chi connectivity index (χ3v) is 2.81. The predicted octanol–water partition coefficient (Wildman–Crippen LogP) is 1.61. The smallest absolute Gasteiger partial charge is 0.317 e. The SMILES string of the molecule is CCN(CC)C(=O)NCC1CCCCO1. The maximum Gasteiger partial charge on any atom is 0.317 e. The molecule has 0 saturated carbocycles. The molecule has 88 valence electrons. The van der Waals surface area contributed by atoms with E-state index in [-0.39, 0.29) is 12.1 Å². The highest BCUT2D eigenvalue weighted by Crippen LogP contribution is 2.11. The first-order valence-electron chi connectivity index (χ1n) is 5.92. The van der Waals surface area contributed by atoms with Gasteiger partial charge in [-0.3, -0.25) is 0 Å². The molecule has 1 unspecified atom stereocenters. The number of hydrogen-bond acceptors (Lipinski definition) is 2. The van der Waals surface area contributed by atoms with Crippen molar-refractivity contribution in [3.05, 3.63) is 0 Å². The van der Waals surface area contributed by atoms with E-state index in [1.807, 2.05) is 13.8 Å². The van der Waals surface area contributed by atoms with E-state index in [2.05, 4.69) is 5.32 Å². The van der Waals surface area contributed by atoms with Crippen LogP contribution in [-0.2, 0) is 4.74 Å². The first-order chi connectivity index (χ1) is 7.27. The van der Waals surface area contributed by atoms with Crippen LogP contribution >= 0.6 is 0 Å². The Bertz CT molecular complexity index is 187. The molecule has 2 amide bonds. The lowest BCUT2D eigenvalue weighted by molar-refractivity contribution is 0.0178. The highest BCUT2D eigenvalue weighted by atomic mass is 16.5. The van der Waals surface area contributed by atoms with Crippen LogP contribution in [0.4, 0.5) is 4.79 Å². The van der Waals surface area contributed by atoms with E-state index >= 15 is 0 Å². The van der Waals surface area contributed by atoms with Gasteiger partial charge in [-0.2, -0.15) is 0 Å². The van der Waals surface area contributed by atoms with Gasteiger partial charge in [0, 0.05) is 26.2 Å². The molecule has 1 aliphatic rings. The zero-order valence-corrected chi connectivity index (χ0v) is 9.79. The maximum atomic E-state index is 11.6. The number of urea groups is 1. The second kappa shape index (κ2) is 6.67. The van der Waals surface area contributed by atoms with Crippen molar-refractivity contribution in [1.82, 2.24) is 10.2 Å². The molecular formula is C11H22N2O2. The molecule has 1 heterocycles. The van der Waals surface area contributed by atoms with Crippen LogP contribution in [0.3, 0.4) is 0 Å². The summed E-state index contributed by atoms with van der Waals surface area (Å²) in [5.41, 5.74) is 0. The zero-order valence-electron chi connectivity index (χ0n) is 9.79. The zero-order chi connectivity index (χ0) is 11.1. The van der Waals surface area contributed by atoms with Crippen LogP contribution in [0.1, 0.15) is 33.1 Å². The van der Waals surface area contributed by atoms with Crippen molar-refractivity contribution in [1.29, 1.82) is 0 Å². The van der Waals surface area contributed by atoms with Crippen molar-refractivity contribution in [2.24, 2.45) is 0 Å². The van der Waals surface area contributed by atoms with Crippen molar-refractivity contribution in [3.63, 3.8) is 0 Å². The Morgan fingerprint density at radius 2 is 2.13 bits per heavy atom. The molecule has 0 aromatic carbocycles. The second-order valence-electron chi connectivity index (χ2n) is 3.85. The van der Waals surface area contributed by atoms with Gasteiger partial charge in [-0.25, -0.2) is 4.79 Å². The van der Waals surface area contributed by atoms with Gasteiger partial charge >= 0.3 is 6.03 Å². The molecule has 4 heteroatoms. The number of nitrogens with one attached hydrogen (secondary N) is 1. The number of rotatable bonds is 4. The van der Waals surface area contributed by atoms with Crippen LogP contribution in [0, 0.1) is 0 Å². The lowest BCUT2D eigenvalue weighted by Gasteiger charge is -2.25. The minimum absolute atomic E-state index is 0.0224. The van der Waals surface area contributed by atoms with E-state index < -0.39 is 0 Å². The molecule has 0 aromatic rings. The summed E-state index contributed by atoms with van der Waals surface area (Å²) in [5, 5.41) is 2.92. The fourth-order valence-corrected chi connectivity index (χ4v) is 1.79. The van der Waals surface area contributed by atoms with Gasteiger partial charge in [0.2, 0.25) is 0 Å². The number of carbonyl (C=O) groups is 1. The molecule has 1 saturated heterocycles. The average Bonchev–Trinajstić information content (AvgIpc) is 2.29. The topological polar surface area (TPSA) is 41.6 Å². The maximum absolute atomic E-state index is 11.6. The van der Waals surface area contributed by atoms with Gasteiger partial charge in [0.05, 0.1) is 6.10 Å². The highest BCUT2D eigenvalue weighted by molar-refractivity contribution is 5.74. The fourth-order valence-electron chi connectivity index (χ4n) is 1.79. The lowest BCUT2D eigenvalue weighted by Crippen LogP contribution is -2.43.